The van der Waals surface area contributed by atoms with Crippen LogP contribution in [-0.2, 0) is 0 Å². The molecule has 0 spiro atoms. The van der Waals surface area contributed by atoms with E-state index in [2.05, 4.69) is 155 Å². The lowest BCUT2D eigenvalue weighted by molar-refractivity contribution is 1.01. The van der Waals surface area contributed by atoms with Gasteiger partial charge in [-0.25, -0.2) is 9.97 Å². The topological polar surface area (TPSA) is 35.1 Å². The van der Waals surface area contributed by atoms with E-state index in [1.165, 1.54) is 70.4 Å². The molecular weight excluding hydrogens is 585 g/mol. The minimum Gasteiger partial charge on any atom is -0.308 e. The molecule has 0 amide bonds. The predicted octanol–water partition coefficient (Wildman–Crippen LogP) is 11.3. The van der Waals surface area contributed by atoms with Gasteiger partial charge >= 0.3 is 0 Å². The van der Waals surface area contributed by atoms with Gasteiger partial charge in [-0.2, -0.15) is 0 Å². The lowest BCUT2D eigenvalue weighted by Crippen LogP contribution is -2.03. The summed E-state index contributed by atoms with van der Waals surface area (Å²) >= 11 is 0. The molecule has 0 unspecified atom stereocenters. The van der Waals surface area contributed by atoms with Gasteiger partial charge in [0.2, 0.25) is 5.95 Å². The first-order valence-electron chi connectivity index (χ1n) is 16.4. The number of benzene rings is 8. The van der Waals surface area contributed by atoms with Gasteiger partial charge in [0.1, 0.15) is 0 Å². The standard InChI is InChI=1S/C44H24N4/c1-2-10-28(11-3-1)42-30-14-6-7-15-32(30)45-44(46-42)48-35-23-19-26-12-8-16-33-37(26)40(35)41-36(48)24-20-27-17-21-31-39-29-13-5-4-9-25(29)18-22-34(39)47(33)43(31)38(27)41/h1-24H. The molecule has 0 aliphatic carbocycles. The quantitative estimate of drug-likeness (QED) is 0.196. The van der Waals surface area contributed by atoms with E-state index in [0.717, 1.165) is 33.2 Å². The molecule has 4 aromatic heterocycles. The van der Waals surface area contributed by atoms with E-state index in [1.54, 1.807) is 0 Å². The molecule has 0 atom stereocenters. The number of para-hydroxylation sites is 1. The van der Waals surface area contributed by atoms with E-state index < -0.39 is 0 Å². The van der Waals surface area contributed by atoms with Gasteiger partial charge < -0.3 is 4.40 Å². The Bertz CT molecular complexity index is 3280. The van der Waals surface area contributed by atoms with Crippen LogP contribution in [0.4, 0.5) is 0 Å². The smallest absolute Gasteiger partial charge is 0.235 e. The zero-order chi connectivity index (χ0) is 31.1. The molecule has 0 radical (unpaired) electrons. The average Bonchev–Trinajstić information content (AvgIpc) is 3.63. The van der Waals surface area contributed by atoms with Crippen molar-refractivity contribution < 1.29 is 0 Å². The van der Waals surface area contributed by atoms with E-state index in [9.17, 15) is 0 Å². The lowest BCUT2D eigenvalue weighted by atomic mass is 9.97. The van der Waals surface area contributed by atoms with Gasteiger partial charge in [-0.15, -0.1) is 0 Å². The van der Waals surface area contributed by atoms with E-state index >= 15 is 0 Å². The summed E-state index contributed by atoms with van der Waals surface area (Å²) in [5, 5.41) is 13.7. The van der Waals surface area contributed by atoms with Crippen LogP contribution in [0.1, 0.15) is 0 Å². The van der Waals surface area contributed by atoms with Gasteiger partial charge in [-0.1, -0.05) is 115 Å². The summed E-state index contributed by atoms with van der Waals surface area (Å²) in [6, 6.07) is 52.6. The summed E-state index contributed by atoms with van der Waals surface area (Å²) in [6.07, 6.45) is 0. The van der Waals surface area contributed by atoms with Crippen LogP contribution in [0.3, 0.4) is 0 Å². The van der Waals surface area contributed by atoms with E-state index in [-0.39, 0.29) is 0 Å². The summed E-state index contributed by atoms with van der Waals surface area (Å²) in [5.41, 5.74) is 8.89. The maximum absolute atomic E-state index is 5.36. The van der Waals surface area contributed by atoms with E-state index in [0.29, 0.717) is 5.95 Å². The number of hydrogen-bond acceptors (Lipinski definition) is 2. The Balaban J connectivity index is 1.35. The third-order valence-electron chi connectivity index (χ3n) is 10.6. The fourth-order valence-electron chi connectivity index (χ4n) is 8.66. The molecule has 0 saturated carbocycles. The molecule has 0 aliphatic rings. The van der Waals surface area contributed by atoms with Gasteiger partial charge in [0.25, 0.3) is 0 Å². The minimum absolute atomic E-state index is 0.683. The summed E-state index contributed by atoms with van der Waals surface area (Å²) in [7, 11) is 0. The van der Waals surface area contributed by atoms with Crippen molar-refractivity contribution in [2.24, 2.45) is 0 Å². The molecule has 48 heavy (non-hydrogen) atoms. The molecule has 0 bridgehead atoms. The minimum atomic E-state index is 0.683. The fourth-order valence-corrected chi connectivity index (χ4v) is 8.66. The van der Waals surface area contributed by atoms with Crippen LogP contribution in [0.15, 0.2) is 146 Å². The van der Waals surface area contributed by atoms with Crippen molar-refractivity contribution in [2.45, 2.75) is 0 Å². The highest BCUT2D eigenvalue weighted by molar-refractivity contribution is 6.38. The van der Waals surface area contributed by atoms with Gasteiger partial charge in [-0.05, 0) is 51.9 Å². The lowest BCUT2D eigenvalue weighted by Gasteiger charge is -2.12. The van der Waals surface area contributed by atoms with Crippen molar-refractivity contribution in [1.82, 2.24) is 18.9 Å². The van der Waals surface area contributed by atoms with Crippen molar-refractivity contribution in [3.8, 4) is 17.2 Å². The Morgan fingerprint density at radius 3 is 1.90 bits per heavy atom. The molecule has 8 aromatic carbocycles. The molecule has 0 aliphatic heterocycles. The zero-order valence-corrected chi connectivity index (χ0v) is 25.6. The maximum atomic E-state index is 5.36. The molecular formula is C44H24N4. The van der Waals surface area contributed by atoms with Crippen molar-refractivity contribution in [1.29, 1.82) is 0 Å². The van der Waals surface area contributed by atoms with Gasteiger partial charge in [0.15, 0.2) is 0 Å². The first-order chi connectivity index (χ1) is 23.8. The SMILES string of the molecule is c1ccc(-c2nc(-n3c4ccc5cccc6c5c4c4c5c(ccc7c8c9ccccc9ccc8n6c75)ccc43)nc3ccccc23)cc1. The summed E-state index contributed by atoms with van der Waals surface area (Å²) in [4.78, 5) is 10.6. The van der Waals surface area contributed by atoms with Gasteiger partial charge in [0, 0.05) is 43.3 Å². The molecule has 12 aromatic rings. The Labute approximate surface area is 273 Å². The van der Waals surface area contributed by atoms with Crippen LogP contribution in [0.25, 0.3) is 110 Å². The Hall–Kier alpha value is -6.52. The molecule has 0 N–H and O–H groups in total. The average molecular weight is 609 g/mol. The van der Waals surface area contributed by atoms with Crippen molar-refractivity contribution in [3.63, 3.8) is 0 Å². The molecule has 0 fully saturated rings. The highest BCUT2D eigenvalue weighted by atomic mass is 15.2. The summed E-state index contributed by atoms with van der Waals surface area (Å²) in [6.45, 7) is 0. The molecule has 4 nitrogen and oxygen atoms in total. The van der Waals surface area contributed by atoms with Gasteiger partial charge in [-0.3, -0.25) is 4.57 Å². The van der Waals surface area contributed by atoms with Crippen molar-refractivity contribution >= 4 is 92.3 Å². The van der Waals surface area contributed by atoms with Crippen LogP contribution >= 0.6 is 0 Å². The highest BCUT2D eigenvalue weighted by Gasteiger charge is 2.26. The maximum Gasteiger partial charge on any atom is 0.235 e. The first-order valence-corrected chi connectivity index (χ1v) is 16.4. The summed E-state index contributed by atoms with van der Waals surface area (Å²) in [5.74, 6) is 0.683. The van der Waals surface area contributed by atoms with Crippen LogP contribution in [0.2, 0.25) is 0 Å². The fraction of sp³-hybridized carbons (Fsp3) is 0. The second-order valence-corrected chi connectivity index (χ2v) is 13.0. The van der Waals surface area contributed by atoms with Crippen LogP contribution in [0, 0.1) is 0 Å². The third-order valence-corrected chi connectivity index (χ3v) is 10.6. The number of fused-ring (bicyclic) bond motifs is 7. The second kappa shape index (κ2) is 8.64. The first kappa shape index (κ1) is 24.7. The number of hydrogen-bond donors (Lipinski definition) is 0. The van der Waals surface area contributed by atoms with E-state index in [4.69, 9.17) is 9.97 Å². The largest absolute Gasteiger partial charge is 0.308 e. The van der Waals surface area contributed by atoms with Crippen molar-refractivity contribution in [3.05, 3.63) is 146 Å². The molecule has 4 heterocycles. The van der Waals surface area contributed by atoms with E-state index in [1.807, 2.05) is 0 Å². The highest BCUT2D eigenvalue weighted by Crippen LogP contribution is 2.48. The predicted molar refractivity (Wildman–Crippen MR) is 200 cm³/mol. The van der Waals surface area contributed by atoms with Gasteiger partial charge in [0.05, 0.1) is 38.8 Å². The van der Waals surface area contributed by atoms with Crippen molar-refractivity contribution in [2.75, 3.05) is 0 Å². The Morgan fingerprint density at radius 2 is 1.02 bits per heavy atom. The zero-order valence-electron chi connectivity index (χ0n) is 25.6. The number of aromatic nitrogens is 4. The summed E-state index contributed by atoms with van der Waals surface area (Å²) < 4.78 is 4.83. The Kier molecular flexibility index (Phi) is 4.44. The van der Waals surface area contributed by atoms with Crippen LogP contribution < -0.4 is 0 Å². The Morgan fingerprint density at radius 1 is 0.375 bits per heavy atom. The molecule has 0 saturated heterocycles. The van der Waals surface area contributed by atoms with Crippen LogP contribution in [-0.4, -0.2) is 18.9 Å². The number of nitrogens with zero attached hydrogens (tertiary/aromatic N) is 4. The monoisotopic (exact) mass is 608 g/mol. The molecule has 4 heteroatoms. The second-order valence-electron chi connectivity index (χ2n) is 13.0. The molecule has 220 valence electrons. The normalized spacial score (nSPS) is 12.6. The van der Waals surface area contributed by atoms with Crippen LogP contribution in [0.5, 0.6) is 0 Å². The third kappa shape index (κ3) is 2.92. The number of rotatable bonds is 2. The molecule has 12 rings (SSSR count).